The van der Waals surface area contributed by atoms with Gasteiger partial charge < -0.3 is 14.8 Å². The van der Waals surface area contributed by atoms with Crippen LogP contribution in [0.3, 0.4) is 0 Å². The Bertz CT molecular complexity index is 1340. The Hall–Kier alpha value is -3.86. The van der Waals surface area contributed by atoms with Crippen LogP contribution >= 0.6 is 0 Å². The highest BCUT2D eigenvalue weighted by Crippen LogP contribution is 2.24. The Morgan fingerprint density at radius 2 is 1.58 bits per heavy atom. The third-order valence-electron chi connectivity index (χ3n) is 7.29. The maximum atomic E-state index is 13.8. The number of aryl methyl sites for hydroxylation is 1. The highest BCUT2D eigenvalue weighted by Gasteiger charge is 2.29. The molecule has 2 amide bonds. The van der Waals surface area contributed by atoms with E-state index in [1.54, 1.807) is 4.90 Å². The fourth-order valence-electron chi connectivity index (χ4n) is 5.00. The minimum Gasteiger partial charge on any atom is -0.361 e. The van der Waals surface area contributed by atoms with Gasteiger partial charge >= 0.3 is 0 Å². The number of nitrogens with one attached hydrogen (secondary N) is 1. The molecule has 1 unspecified atom stereocenters. The van der Waals surface area contributed by atoms with E-state index < -0.39 is 0 Å². The zero-order chi connectivity index (χ0) is 27.1. The van der Waals surface area contributed by atoms with Gasteiger partial charge in [0.05, 0.1) is 5.92 Å². The smallest absolute Gasteiger partial charge is 0.242 e. The molecule has 0 radical (unpaired) electrons. The summed E-state index contributed by atoms with van der Waals surface area (Å²) in [5, 5.41) is 1.18. The summed E-state index contributed by atoms with van der Waals surface area (Å²) in [6, 6.07) is 26.3. The number of rotatable bonds is 11. The molecule has 0 fully saturated rings. The predicted molar refractivity (Wildman–Crippen MR) is 155 cm³/mol. The van der Waals surface area contributed by atoms with Crippen molar-refractivity contribution in [3.05, 3.63) is 107 Å². The molecule has 1 atom stereocenters. The van der Waals surface area contributed by atoms with Gasteiger partial charge in [0.15, 0.2) is 0 Å². The average molecular weight is 510 g/mol. The average Bonchev–Trinajstić information content (AvgIpc) is 3.34. The van der Waals surface area contributed by atoms with Crippen LogP contribution < -0.4 is 0 Å². The van der Waals surface area contributed by atoms with Gasteiger partial charge in [0, 0.05) is 36.2 Å². The maximum Gasteiger partial charge on any atom is 0.242 e. The zero-order valence-electron chi connectivity index (χ0n) is 23.0. The number of aromatic nitrogens is 1. The van der Waals surface area contributed by atoms with E-state index in [0.29, 0.717) is 19.5 Å². The van der Waals surface area contributed by atoms with Gasteiger partial charge in [-0.1, -0.05) is 85.3 Å². The predicted octanol–water partition coefficient (Wildman–Crippen LogP) is 6.48. The monoisotopic (exact) mass is 509 g/mol. The summed E-state index contributed by atoms with van der Waals surface area (Å²) in [6.45, 7) is 9.22. The molecule has 0 aliphatic heterocycles. The molecule has 5 nitrogen and oxygen atoms in total. The first-order valence-electron chi connectivity index (χ1n) is 13.6. The Kier molecular flexibility index (Phi) is 9.01. The van der Waals surface area contributed by atoms with Crippen molar-refractivity contribution >= 4 is 22.7 Å². The van der Waals surface area contributed by atoms with Gasteiger partial charge in [0.1, 0.15) is 6.54 Å². The van der Waals surface area contributed by atoms with Gasteiger partial charge in [-0.15, -0.1) is 0 Å². The molecule has 198 valence electrons. The number of carbonyl (C=O) groups excluding carboxylic acids is 2. The second-order valence-corrected chi connectivity index (χ2v) is 10.3. The molecular formula is C33H39N3O2. The lowest BCUT2D eigenvalue weighted by atomic mass is 9.94. The number of aromatic amines is 1. The molecule has 0 aliphatic carbocycles. The van der Waals surface area contributed by atoms with E-state index in [2.05, 4.69) is 48.3 Å². The molecule has 0 saturated heterocycles. The number of hydrogen-bond acceptors (Lipinski definition) is 2. The van der Waals surface area contributed by atoms with Gasteiger partial charge in [-0.3, -0.25) is 9.59 Å². The largest absolute Gasteiger partial charge is 0.361 e. The normalized spacial score (nSPS) is 12.0. The molecule has 0 bridgehead atoms. The van der Waals surface area contributed by atoms with Crippen LogP contribution in [-0.2, 0) is 22.6 Å². The highest BCUT2D eigenvalue weighted by molar-refractivity contribution is 5.89. The van der Waals surface area contributed by atoms with E-state index in [4.69, 9.17) is 0 Å². The quantitative estimate of drug-likeness (QED) is 0.252. The van der Waals surface area contributed by atoms with Gasteiger partial charge in [-0.25, -0.2) is 0 Å². The number of hydrogen-bond donors (Lipinski definition) is 1. The van der Waals surface area contributed by atoms with Crippen molar-refractivity contribution in [3.63, 3.8) is 0 Å². The van der Waals surface area contributed by atoms with E-state index >= 15 is 0 Å². The molecular weight excluding hydrogens is 470 g/mol. The number of amides is 2. The van der Waals surface area contributed by atoms with Crippen molar-refractivity contribution in [2.75, 3.05) is 13.1 Å². The summed E-state index contributed by atoms with van der Waals surface area (Å²) < 4.78 is 0. The number of nitrogens with zero attached hydrogens (tertiary/aromatic N) is 2. The Labute approximate surface area is 226 Å². The zero-order valence-corrected chi connectivity index (χ0v) is 23.0. The maximum absolute atomic E-state index is 13.8. The summed E-state index contributed by atoms with van der Waals surface area (Å²) in [4.78, 5) is 34.5. The Morgan fingerprint density at radius 3 is 2.26 bits per heavy atom. The SMILES string of the molecule is CCC(C(=O)N(CC(=O)N(CCc1c[nH]c2ccccc12)Cc1ccc(C)cc1)C(C)C)c1ccccc1. The standard InChI is InChI=1S/C33H39N3O2/c1-5-29(27-11-7-6-8-12-27)33(38)36(24(2)3)23-32(37)35(22-26-17-15-25(4)16-18-26)20-19-28-21-34-31-14-10-9-13-30(28)31/h6-18,21,24,29,34H,5,19-20,22-23H2,1-4H3. The molecule has 0 spiro atoms. The summed E-state index contributed by atoms with van der Waals surface area (Å²) in [5.41, 5.74) is 5.56. The van der Waals surface area contributed by atoms with E-state index in [-0.39, 0.29) is 30.3 Å². The lowest BCUT2D eigenvalue weighted by molar-refractivity contribution is -0.143. The van der Waals surface area contributed by atoms with Gasteiger partial charge in [0.25, 0.3) is 0 Å². The molecule has 4 rings (SSSR count). The van der Waals surface area contributed by atoms with Crippen molar-refractivity contribution in [1.82, 2.24) is 14.8 Å². The summed E-state index contributed by atoms with van der Waals surface area (Å²) >= 11 is 0. The summed E-state index contributed by atoms with van der Waals surface area (Å²) in [5.74, 6) is -0.285. The van der Waals surface area contributed by atoms with Gasteiger partial charge in [0.2, 0.25) is 11.8 Å². The van der Waals surface area contributed by atoms with Crippen molar-refractivity contribution in [3.8, 4) is 0 Å². The van der Waals surface area contributed by atoms with Gasteiger partial charge in [-0.05, 0) is 56.4 Å². The van der Waals surface area contributed by atoms with Crippen LogP contribution in [0.5, 0.6) is 0 Å². The Balaban J connectivity index is 1.54. The lowest BCUT2D eigenvalue weighted by Crippen LogP contribution is -2.47. The van der Waals surface area contributed by atoms with Crippen LogP contribution in [0.25, 0.3) is 10.9 Å². The van der Waals surface area contributed by atoms with Crippen LogP contribution in [0.4, 0.5) is 0 Å². The Morgan fingerprint density at radius 1 is 0.895 bits per heavy atom. The van der Waals surface area contributed by atoms with Crippen molar-refractivity contribution in [2.24, 2.45) is 0 Å². The second-order valence-electron chi connectivity index (χ2n) is 10.3. The van der Waals surface area contributed by atoms with Crippen LogP contribution in [0.15, 0.2) is 85.1 Å². The topological polar surface area (TPSA) is 56.4 Å². The molecule has 0 aliphatic rings. The fourth-order valence-corrected chi connectivity index (χ4v) is 5.00. The van der Waals surface area contributed by atoms with E-state index in [0.717, 1.165) is 23.1 Å². The summed E-state index contributed by atoms with van der Waals surface area (Å²) in [7, 11) is 0. The molecule has 3 aromatic carbocycles. The molecule has 4 aromatic rings. The molecule has 1 heterocycles. The van der Waals surface area contributed by atoms with Crippen molar-refractivity contribution in [2.45, 2.75) is 59.0 Å². The second kappa shape index (κ2) is 12.6. The highest BCUT2D eigenvalue weighted by atomic mass is 16.2. The van der Waals surface area contributed by atoms with E-state index in [1.165, 1.54) is 16.5 Å². The third-order valence-corrected chi connectivity index (χ3v) is 7.29. The van der Waals surface area contributed by atoms with Crippen molar-refractivity contribution < 1.29 is 9.59 Å². The first-order chi connectivity index (χ1) is 18.4. The molecule has 1 aromatic heterocycles. The number of benzene rings is 3. The van der Waals surface area contributed by atoms with Crippen LogP contribution in [0.1, 0.15) is 55.4 Å². The summed E-state index contributed by atoms with van der Waals surface area (Å²) in [6.07, 6.45) is 3.46. The minimum atomic E-state index is -0.261. The van der Waals surface area contributed by atoms with Crippen LogP contribution in [0, 0.1) is 6.92 Å². The number of para-hydroxylation sites is 1. The van der Waals surface area contributed by atoms with Crippen molar-refractivity contribution in [1.29, 1.82) is 0 Å². The van der Waals surface area contributed by atoms with E-state index in [1.807, 2.05) is 74.3 Å². The first kappa shape index (κ1) is 27.2. The molecule has 5 heteroatoms. The van der Waals surface area contributed by atoms with Gasteiger partial charge in [-0.2, -0.15) is 0 Å². The third kappa shape index (κ3) is 6.52. The number of fused-ring (bicyclic) bond motifs is 1. The fraction of sp³-hybridized carbons (Fsp3) is 0.333. The van der Waals surface area contributed by atoms with Crippen LogP contribution in [0.2, 0.25) is 0 Å². The minimum absolute atomic E-state index is 0.00830. The lowest BCUT2D eigenvalue weighted by Gasteiger charge is -2.32. The molecule has 0 saturated carbocycles. The molecule has 38 heavy (non-hydrogen) atoms. The molecule has 1 N–H and O–H groups in total. The van der Waals surface area contributed by atoms with Crippen LogP contribution in [-0.4, -0.2) is 45.7 Å². The van der Waals surface area contributed by atoms with E-state index in [9.17, 15) is 9.59 Å². The number of H-pyrrole nitrogens is 1. The number of carbonyl (C=O) groups is 2. The first-order valence-corrected chi connectivity index (χ1v) is 13.6.